The molecule has 7 N–H and O–H groups in total. The van der Waals surface area contributed by atoms with Crippen molar-refractivity contribution in [2.75, 3.05) is 11.1 Å². The smallest absolute Gasteiger partial charge is 0.256 e. The molecule has 1 aliphatic rings. The van der Waals surface area contributed by atoms with Crippen LogP contribution in [-0.2, 0) is 0 Å². The summed E-state index contributed by atoms with van der Waals surface area (Å²) in [6, 6.07) is 0.215. The molecule has 1 aliphatic carbocycles. The Morgan fingerprint density at radius 1 is 1.38 bits per heavy atom. The Bertz CT molecular complexity index is 680. The van der Waals surface area contributed by atoms with E-state index in [9.17, 15) is 4.79 Å². The van der Waals surface area contributed by atoms with Crippen LogP contribution in [0.4, 0.5) is 11.8 Å². The summed E-state index contributed by atoms with van der Waals surface area (Å²) in [7, 11) is 0. The van der Waals surface area contributed by atoms with E-state index in [0.29, 0.717) is 11.6 Å². The zero-order valence-electron chi connectivity index (χ0n) is 11.6. The summed E-state index contributed by atoms with van der Waals surface area (Å²) in [6.07, 6.45) is 7.54. The van der Waals surface area contributed by atoms with Crippen LogP contribution in [0.2, 0.25) is 0 Å². The fourth-order valence-electron chi connectivity index (χ4n) is 2.84. The van der Waals surface area contributed by atoms with Gasteiger partial charge in [-0.3, -0.25) is 9.20 Å². The van der Waals surface area contributed by atoms with Crippen molar-refractivity contribution in [2.24, 2.45) is 11.5 Å². The predicted molar refractivity (Wildman–Crippen MR) is 79.8 cm³/mol. The van der Waals surface area contributed by atoms with Crippen LogP contribution in [0.3, 0.4) is 0 Å². The third kappa shape index (κ3) is 2.38. The molecule has 8 nitrogen and oxygen atoms in total. The van der Waals surface area contributed by atoms with Crippen LogP contribution in [0.5, 0.6) is 0 Å². The zero-order chi connectivity index (χ0) is 15.0. The molecule has 0 unspecified atom stereocenters. The summed E-state index contributed by atoms with van der Waals surface area (Å²) in [5.74, 6) is -0.0300. The largest absolute Gasteiger partial charge is 0.383 e. The number of primary amides is 1. The number of hydrogen-bond acceptors (Lipinski definition) is 6. The van der Waals surface area contributed by atoms with E-state index < -0.39 is 5.91 Å². The van der Waals surface area contributed by atoms with E-state index in [2.05, 4.69) is 15.3 Å². The van der Waals surface area contributed by atoms with Crippen molar-refractivity contribution in [1.29, 1.82) is 0 Å². The lowest BCUT2D eigenvalue weighted by Gasteiger charge is -2.30. The number of nitrogens with one attached hydrogen (secondary N) is 1. The number of carbonyl (C=O) groups is 1. The average molecular weight is 289 g/mol. The minimum atomic E-state index is -0.642. The van der Waals surface area contributed by atoms with Gasteiger partial charge in [-0.15, -0.1) is 0 Å². The van der Waals surface area contributed by atoms with E-state index >= 15 is 0 Å². The third-order valence-electron chi connectivity index (χ3n) is 3.96. The number of aromatic nitrogens is 3. The average Bonchev–Trinajstić information content (AvgIpc) is 2.90. The molecule has 112 valence electrons. The third-order valence-corrected chi connectivity index (χ3v) is 3.96. The van der Waals surface area contributed by atoms with Crippen molar-refractivity contribution in [2.45, 2.75) is 37.8 Å². The molecule has 0 bridgehead atoms. The highest BCUT2D eigenvalue weighted by Gasteiger charge is 2.24. The summed E-state index contributed by atoms with van der Waals surface area (Å²) in [4.78, 5) is 19.9. The molecular formula is C13H19N7O. The number of fused-ring (bicyclic) bond motifs is 1. The van der Waals surface area contributed by atoms with Crippen LogP contribution in [0.15, 0.2) is 12.4 Å². The minimum absolute atomic E-state index is 0.0769. The Labute approximate surface area is 121 Å². The first-order valence-corrected chi connectivity index (χ1v) is 7.02. The van der Waals surface area contributed by atoms with E-state index in [-0.39, 0.29) is 23.5 Å². The molecule has 0 saturated heterocycles. The summed E-state index contributed by atoms with van der Waals surface area (Å²) in [6.45, 7) is 0. The van der Waals surface area contributed by atoms with Gasteiger partial charge in [0.2, 0.25) is 5.95 Å². The van der Waals surface area contributed by atoms with Crippen molar-refractivity contribution in [3.8, 4) is 0 Å². The molecule has 2 aromatic heterocycles. The lowest BCUT2D eigenvalue weighted by atomic mass is 9.91. The zero-order valence-corrected chi connectivity index (χ0v) is 11.6. The standard InChI is InChI=1S/C13H19N7O/c14-7-3-1-2-4-8(7)18-13-19-10(15)9(11(16)21)12-17-5-6-20(12)13/h5-8H,1-4,14-15H2,(H2,16,21)(H,18,19)/t7-,8+/m0/s1. The fraction of sp³-hybridized carbons (Fsp3) is 0.462. The van der Waals surface area contributed by atoms with Gasteiger partial charge in [-0.05, 0) is 12.8 Å². The molecule has 21 heavy (non-hydrogen) atoms. The van der Waals surface area contributed by atoms with E-state index in [4.69, 9.17) is 17.2 Å². The predicted octanol–water partition coefficient (Wildman–Crippen LogP) is 0.0922. The van der Waals surface area contributed by atoms with Gasteiger partial charge in [0, 0.05) is 24.5 Å². The topological polar surface area (TPSA) is 137 Å². The number of nitrogens with two attached hydrogens (primary N) is 3. The number of amides is 1. The number of hydrogen-bond donors (Lipinski definition) is 4. The SMILES string of the molecule is NC(=O)c1c(N)nc(N[C@@H]2CCCC[C@@H]2N)n2ccnc12. The summed E-state index contributed by atoms with van der Waals surface area (Å²) in [5, 5.41) is 3.32. The molecule has 8 heteroatoms. The highest BCUT2D eigenvalue weighted by atomic mass is 16.1. The molecule has 1 amide bonds. The van der Waals surface area contributed by atoms with Crippen LogP contribution in [0.25, 0.3) is 5.65 Å². The Hall–Kier alpha value is -2.35. The van der Waals surface area contributed by atoms with Crippen LogP contribution >= 0.6 is 0 Å². The van der Waals surface area contributed by atoms with Gasteiger partial charge in [-0.1, -0.05) is 12.8 Å². The molecular weight excluding hydrogens is 270 g/mol. The van der Waals surface area contributed by atoms with Crippen LogP contribution < -0.4 is 22.5 Å². The Balaban J connectivity index is 2.01. The van der Waals surface area contributed by atoms with Crippen molar-refractivity contribution < 1.29 is 4.79 Å². The number of anilines is 2. The number of nitrogen functional groups attached to an aromatic ring is 1. The van der Waals surface area contributed by atoms with Gasteiger partial charge < -0.3 is 22.5 Å². The van der Waals surface area contributed by atoms with Crippen molar-refractivity contribution >= 4 is 23.3 Å². The maximum atomic E-state index is 11.5. The van der Waals surface area contributed by atoms with E-state index in [1.54, 1.807) is 16.8 Å². The highest BCUT2D eigenvalue weighted by molar-refractivity contribution is 6.03. The van der Waals surface area contributed by atoms with Crippen LogP contribution in [0, 0.1) is 0 Å². The second-order valence-electron chi connectivity index (χ2n) is 5.38. The Morgan fingerprint density at radius 2 is 2.14 bits per heavy atom. The normalized spacial score (nSPS) is 22.3. The van der Waals surface area contributed by atoms with E-state index in [0.717, 1.165) is 25.7 Å². The number of carbonyl (C=O) groups excluding carboxylic acids is 1. The van der Waals surface area contributed by atoms with Gasteiger partial charge >= 0.3 is 0 Å². The molecule has 2 aromatic rings. The van der Waals surface area contributed by atoms with Crippen molar-refractivity contribution in [3.05, 3.63) is 18.0 Å². The second kappa shape index (κ2) is 5.21. The van der Waals surface area contributed by atoms with Gasteiger partial charge in [0.1, 0.15) is 11.4 Å². The van der Waals surface area contributed by atoms with Crippen molar-refractivity contribution in [3.63, 3.8) is 0 Å². The van der Waals surface area contributed by atoms with Crippen LogP contribution in [0.1, 0.15) is 36.0 Å². The maximum absolute atomic E-state index is 11.5. The molecule has 2 heterocycles. The van der Waals surface area contributed by atoms with E-state index in [1.807, 2.05) is 0 Å². The summed E-state index contributed by atoms with van der Waals surface area (Å²) in [5.41, 5.74) is 17.9. The number of imidazole rings is 1. The Kier molecular flexibility index (Phi) is 3.38. The van der Waals surface area contributed by atoms with E-state index in [1.165, 1.54) is 0 Å². The first-order chi connectivity index (χ1) is 10.1. The highest BCUT2D eigenvalue weighted by Crippen LogP contribution is 2.23. The summed E-state index contributed by atoms with van der Waals surface area (Å²) < 4.78 is 1.68. The molecule has 3 rings (SSSR count). The lowest BCUT2D eigenvalue weighted by molar-refractivity contribution is 0.100. The molecule has 1 saturated carbocycles. The molecule has 2 atom stereocenters. The van der Waals surface area contributed by atoms with Gasteiger partial charge in [-0.25, -0.2) is 4.98 Å². The van der Waals surface area contributed by atoms with Gasteiger partial charge in [0.15, 0.2) is 5.65 Å². The second-order valence-corrected chi connectivity index (χ2v) is 5.38. The first kappa shape index (κ1) is 13.6. The molecule has 1 fully saturated rings. The first-order valence-electron chi connectivity index (χ1n) is 7.02. The maximum Gasteiger partial charge on any atom is 0.256 e. The molecule has 0 aromatic carbocycles. The molecule has 0 spiro atoms. The minimum Gasteiger partial charge on any atom is -0.383 e. The summed E-state index contributed by atoms with van der Waals surface area (Å²) >= 11 is 0. The van der Waals surface area contributed by atoms with Gasteiger partial charge in [0.25, 0.3) is 5.91 Å². The lowest BCUT2D eigenvalue weighted by Crippen LogP contribution is -2.43. The molecule has 0 radical (unpaired) electrons. The monoisotopic (exact) mass is 289 g/mol. The number of rotatable bonds is 3. The molecule has 0 aliphatic heterocycles. The number of nitrogens with zero attached hydrogens (tertiary/aromatic N) is 3. The van der Waals surface area contributed by atoms with Gasteiger partial charge in [0.05, 0.1) is 0 Å². The quantitative estimate of drug-likeness (QED) is 0.632. The van der Waals surface area contributed by atoms with Gasteiger partial charge in [-0.2, -0.15) is 4.98 Å². The van der Waals surface area contributed by atoms with Crippen LogP contribution in [-0.4, -0.2) is 32.4 Å². The fourth-order valence-corrected chi connectivity index (χ4v) is 2.84. The van der Waals surface area contributed by atoms with Crippen molar-refractivity contribution in [1.82, 2.24) is 14.4 Å². The Morgan fingerprint density at radius 3 is 2.86 bits per heavy atom.